The van der Waals surface area contributed by atoms with E-state index in [1.807, 2.05) is 6.07 Å². The van der Waals surface area contributed by atoms with Crippen LogP contribution in [0.25, 0.3) is 0 Å². The molecule has 31 heavy (non-hydrogen) atoms. The Bertz CT molecular complexity index is 761. The van der Waals surface area contributed by atoms with E-state index in [0.29, 0.717) is 25.4 Å². The van der Waals surface area contributed by atoms with Crippen LogP contribution in [-0.4, -0.2) is 45.0 Å². The smallest absolute Gasteiger partial charge is 0.387 e. The van der Waals surface area contributed by atoms with Crippen molar-refractivity contribution in [3.8, 4) is 11.5 Å². The molecular formula is C23H33F2NO5. The van der Waals surface area contributed by atoms with Crippen LogP contribution in [0.2, 0.25) is 0 Å². The monoisotopic (exact) mass is 441 g/mol. The summed E-state index contributed by atoms with van der Waals surface area (Å²) in [5, 5.41) is 3.24. The Morgan fingerprint density at radius 2 is 2.06 bits per heavy atom. The first-order chi connectivity index (χ1) is 14.8. The first-order valence-corrected chi connectivity index (χ1v) is 10.8. The number of carbonyl (C=O) groups is 1. The molecule has 8 heteroatoms. The number of alkyl halides is 2. The zero-order valence-electron chi connectivity index (χ0n) is 18.7. The van der Waals surface area contributed by atoms with Crippen molar-refractivity contribution in [2.75, 3.05) is 20.8 Å². The van der Waals surface area contributed by atoms with E-state index < -0.39 is 12.2 Å². The molecule has 0 unspecified atom stereocenters. The lowest BCUT2D eigenvalue weighted by atomic mass is 9.66. The van der Waals surface area contributed by atoms with Crippen LogP contribution in [0.1, 0.15) is 57.6 Å². The van der Waals surface area contributed by atoms with Crippen molar-refractivity contribution < 1.29 is 32.5 Å². The molecule has 5 atom stereocenters. The molecule has 2 fully saturated rings. The quantitative estimate of drug-likeness (QED) is 0.645. The summed E-state index contributed by atoms with van der Waals surface area (Å²) in [5.41, 5.74) is 0.257. The van der Waals surface area contributed by atoms with Gasteiger partial charge in [0.05, 0.1) is 25.9 Å². The third-order valence-electron chi connectivity index (χ3n) is 6.55. The predicted octanol–water partition coefficient (Wildman–Crippen LogP) is 4.47. The van der Waals surface area contributed by atoms with Crippen LogP contribution in [0, 0.1) is 11.8 Å². The van der Waals surface area contributed by atoms with Gasteiger partial charge in [-0.1, -0.05) is 19.4 Å². The van der Waals surface area contributed by atoms with E-state index in [9.17, 15) is 13.6 Å². The minimum absolute atomic E-state index is 0.0169. The van der Waals surface area contributed by atoms with Gasteiger partial charge in [-0.15, -0.1) is 0 Å². The standard InChI is InChI=1S/C23H33F2NO5/c1-14-5-7-16-18(11-14)30-20(13-23(16,2)26-21(27)9-10-28-3)15-6-8-17(29-4)19(12-15)31-22(24)25/h6,8,12,14,16,18,20,22H,5,7,9-11,13H2,1-4H3,(H,26,27)/t14-,16-,18-,20-,23+/m1/s1. The van der Waals surface area contributed by atoms with Crippen LogP contribution in [0.3, 0.4) is 0 Å². The van der Waals surface area contributed by atoms with Gasteiger partial charge in [0.2, 0.25) is 5.91 Å². The Morgan fingerprint density at radius 3 is 2.74 bits per heavy atom. The van der Waals surface area contributed by atoms with Gasteiger partial charge in [0.15, 0.2) is 11.5 Å². The predicted molar refractivity (Wildman–Crippen MR) is 111 cm³/mol. The summed E-state index contributed by atoms with van der Waals surface area (Å²) in [6.07, 6.45) is 3.43. The Balaban J connectivity index is 1.88. The van der Waals surface area contributed by atoms with Gasteiger partial charge in [0.1, 0.15) is 0 Å². The normalized spacial score (nSPS) is 30.5. The molecule has 0 spiro atoms. The van der Waals surface area contributed by atoms with Gasteiger partial charge in [0.25, 0.3) is 0 Å². The van der Waals surface area contributed by atoms with Gasteiger partial charge in [-0.3, -0.25) is 4.79 Å². The third kappa shape index (κ3) is 5.66. The highest BCUT2D eigenvalue weighted by Crippen LogP contribution is 2.48. The Kier molecular flexibility index (Phi) is 7.75. The molecule has 2 aliphatic rings. The fourth-order valence-electron chi connectivity index (χ4n) is 5.00. The number of rotatable bonds is 8. The number of ether oxygens (including phenoxy) is 4. The Morgan fingerprint density at radius 1 is 1.29 bits per heavy atom. The molecule has 0 radical (unpaired) electrons. The number of hydrogen-bond donors (Lipinski definition) is 1. The largest absolute Gasteiger partial charge is 0.493 e. The highest BCUT2D eigenvalue weighted by Gasteiger charge is 2.49. The lowest BCUT2D eigenvalue weighted by molar-refractivity contribution is -0.154. The van der Waals surface area contributed by atoms with E-state index in [4.69, 9.17) is 14.2 Å². The molecule has 1 aromatic carbocycles. The number of methoxy groups -OCH3 is 2. The summed E-state index contributed by atoms with van der Waals surface area (Å²) in [4.78, 5) is 12.6. The fourth-order valence-corrected chi connectivity index (χ4v) is 5.00. The number of carbonyl (C=O) groups excluding carboxylic acids is 1. The van der Waals surface area contributed by atoms with Crippen molar-refractivity contribution in [3.63, 3.8) is 0 Å². The molecule has 1 amide bonds. The number of amides is 1. The minimum atomic E-state index is -2.95. The molecule has 1 aliphatic carbocycles. The number of halogens is 2. The summed E-state index contributed by atoms with van der Waals surface area (Å²) in [6, 6.07) is 4.97. The maximum atomic E-state index is 12.9. The van der Waals surface area contributed by atoms with Crippen LogP contribution < -0.4 is 14.8 Å². The second-order valence-electron chi connectivity index (χ2n) is 8.89. The van der Waals surface area contributed by atoms with Gasteiger partial charge in [0, 0.05) is 31.4 Å². The van der Waals surface area contributed by atoms with Gasteiger partial charge in [-0.2, -0.15) is 8.78 Å². The van der Waals surface area contributed by atoms with Crippen molar-refractivity contribution >= 4 is 5.91 Å². The molecule has 6 nitrogen and oxygen atoms in total. The van der Waals surface area contributed by atoms with Crippen LogP contribution >= 0.6 is 0 Å². The molecule has 0 aromatic heterocycles. The highest BCUT2D eigenvalue weighted by molar-refractivity contribution is 5.77. The summed E-state index contributed by atoms with van der Waals surface area (Å²) < 4.78 is 47.1. The average Bonchev–Trinajstić information content (AvgIpc) is 2.71. The van der Waals surface area contributed by atoms with Crippen molar-refractivity contribution in [2.45, 2.75) is 70.3 Å². The number of benzene rings is 1. The van der Waals surface area contributed by atoms with E-state index in [1.165, 1.54) is 7.11 Å². The van der Waals surface area contributed by atoms with Gasteiger partial charge < -0.3 is 24.3 Å². The number of fused-ring (bicyclic) bond motifs is 1. The van der Waals surface area contributed by atoms with Gasteiger partial charge >= 0.3 is 6.61 Å². The summed E-state index contributed by atoms with van der Waals surface area (Å²) in [5.74, 6) is 0.880. The van der Waals surface area contributed by atoms with Crippen LogP contribution in [0.15, 0.2) is 18.2 Å². The highest BCUT2D eigenvalue weighted by atomic mass is 19.3. The molecule has 1 heterocycles. The van der Waals surface area contributed by atoms with E-state index in [-0.39, 0.29) is 35.5 Å². The lowest BCUT2D eigenvalue weighted by Gasteiger charge is -2.52. The maximum Gasteiger partial charge on any atom is 0.387 e. The van der Waals surface area contributed by atoms with Crippen molar-refractivity contribution in [1.29, 1.82) is 0 Å². The SMILES string of the molecule is COCCC(=O)N[C@@]1(C)C[C@H](c2ccc(OC)c(OC(F)F)c2)O[C@@H]2C[C@H](C)CC[C@H]21. The average molecular weight is 442 g/mol. The summed E-state index contributed by atoms with van der Waals surface area (Å²) >= 11 is 0. The third-order valence-corrected chi connectivity index (χ3v) is 6.55. The summed E-state index contributed by atoms with van der Waals surface area (Å²) in [6.45, 7) is 1.69. The van der Waals surface area contributed by atoms with E-state index in [0.717, 1.165) is 24.8 Å². The molecular weight excluding hydrogens is 408 g/mol. The second-order valence-corrected chi connectivity index (χ2v) is 8.89. The van der Waals surface area contributed by atoms with Gasteiger partial charge in [-0.05, 0) is 43.4 Å². The molecule has 1 N–H and O–H groups in total. The van der Waals surface area contributed by atoms with Crippen molar-refractivity contribution in [1.82, 2.24) is 5.32 Å². The zero-order chi connectivity index (χ0) is 22.6. The van der Waals surface area contributed by atoms with Crippen molar-refractivity contribution in [2.24, 2.45) is 11.8 Å². The molecule has 1 aromatic rings. The van der Waals surface area contributed by atoms with Gasteiger partial charge in [-0.25, -0.2) is 0 Å². The van der Waals surface area contributed by atoms with Crippen LogP contribution in [0.4, 0.5) is 8.78 Å². The summed E-state index contributed by atoms with van der Waals surface area (Å²) in [7, 11) is 2.98. The maximum absolute atomic E-state index is 12.9. The number of hydrogen-bond acceptors (Lipinski definition) is 5. The molecule has 3 rings (SSSR count). The van der Waals surface area contributed by atoms with Crippen LogP contribution in [-0.2, 0) is 14.3 Å². The Labute approximate surface area is 182 Å². The molecule has 174 valence electrons. The van der Waals surface area contributed by atoms with Crippen LogP contribution in [0.5, 0.6) is 11.5 Å². The molecule has 1 saturated heterocycles. The second kappa shape index (κ2) is 10.1. The molecule has 1 saturated carbocycles. The first kappa shape index (κ1) is 23.7. The minimum Gasteiger partial charge on any atom is -0.493 e. The fraction of sp³-hybridized carbons (Fsp3) is 0.696. The number of nitrogens with one attached hydrogen (secondary N) is 1. The van der Waals surface area contributed by atoms with E-state index >= 15 is 0 Å². The molecule has 0 bridgehead atoms. The zero-order valence-corrected chi connectivity index (χ0v) is 18.7. The van der Waals surface area contributed by atoms with E-state index in [2.05, 4.69) is 23.9 Å². The van der Waals surface area contributed by atoms with Crippen molar-refractivity contribution in [3.05, 3.63) is 23.8 Å². The lowest BCUT2D eigenvalue weighted by Crippen LogP contribution is -2.60. The first-order valence-electron chi connectivity index (χ1n) is 10.8. The topological polar surface area (TPSA) is 66.0 Å². The Hall–Kier alpha value is -1.93. The molecule has 1 aliphatic heterocycles. The van der Waals surface area contributed by atoms with E-state index in [1.54, 1.807) is 19.2 Å².